The number of rotatable bonds is 9. The smallest absolute Gasteiger partial charge is 0.0700 e. The van der Waals surface area contributed by atoms with Gasteiger partial charge in [-0.05, 0) is 13.0 Å². The first kappa shape index (κ1) is 13.2. The number of nitrogens with zero attached hydrogens (tertiary/aromatic N) is 2. The van der Waals surface area contributed by atoms with Crippen LogP contribution in [-0.2, 0) is 22.6 Å². The molecule has 5 nitrogen and oxygen atoms in total. The van der Waals surface area contributed by atoms with Crippen LogP contribution < -0.4 is 5.32 Å². The highest BCUT2D eigenvalue weighted by atomic mass is 16.5. The highest BCUT2D eigenvalue weighted by Gasteiger charge is 1.98. The molecule has 0 unspecified atom stereocenters. The average Bonchev–Trinajstić information content (AvgIpc) is 2.75. The third kappa shape index (κ3) is 4.74. The molecule has 1 aromatic heterocycles. The van der Waals surface area contributed by atoms with Crippen molar-refractivity contribution in [3.05, 3.63) is 18.0 Å². The van der Waals surface area contributed by atoms with Crippen LogP contribution in [0.5, 0.6) is 0 Å². The topological polar surface area (TPSA) is 48.3 Å². The van der Waals surface area contributed by atoms with Gasteiger partial charge in [0.2, 0.25) is 0 Å². The maximum absolute atomic E-state index is 5.34. The first-order valence-electron chi connectivity index (χ1n) is 5.66. The molecule has 0 saturated heterocycles. The number of ether oxygens (including phenoxy) is 2. The van der Waals surface area contributed by atoms with E-state index < -0.39 is 0 Å². The Bertz CT molecular complexity index is 276. The lowest BCUT2D eigenvalue weighted by atomic mass is 10.4. The van der Waals surface area contributed by atoms with E-state index in [0.717, 1.165) is 19.6 Å². The number of nitrogens with one attached hydrogen (secondary N) is 1. The monoisotopic (exact) mass is 227 g/mol. The van der Waals surface area contributed by atoms with Crippen LogP contribution in [0.4, 0.5) is 0 Å². The quantitative estimate of drug-likeness (QED) is 0.629. The lowest BCUT2D eigenvalue weighted by Gasteiger charge is -2.07. The molecule has 1 heterocycles. The second-order valence-electron chi connectivity index (χ2n) is 3.42. The summed E-state index contributed by atoms with van der Waals surface area (Å²) in [5.41, 5.74) is 1.21. The summed E-state index contributed by atoms with van der Waals surface area (Å²) < 4.78 is 12.2. The van der Waals surface area contributed by atoms with Crippen molar-refractivity contribution in [2.45, 2.75) is 20.0 Å². The van der Waals surface area contributed by atoms with Crippen molar-refractivity contribution >= 4 is 0 Å². The fourth-order valence-electron chi connectivity index (χ4n) is 1.40. The maximum Gasteiger partial charge on any atom is 0.0700 e. The van der Waals surface area contributed by atoms with Crippen LogP contribution in [0.1, 0.15) is 12.6 Å². The summed E-state index contributed by atoms with van der Waals surface area (Å²) in [6.45, 7) is 6.70. The zero-order valence-corrected chi connectivity index (χ0v) is 10.1. The minimum atomic E-state index is 0.655. The van der Waals surface area contributed by atoms with E-state index in [4.69, 9.17) is 9.47 Å². The summed E-state index contributed by atoms with van der Waals surface area (Å²) in [7, 11) is 1.67. The van der Waals surface area contributed by atoms with E-state index in [-0.39, 0.29) is 0 Å². The molecule has 0 aliphatic carbocycles. The van der Waals surface area contributed by atoms with Gasteiger partial charge in [0.05, 0.1) is 25.5 Å². The number of hydrogen-bond donors (Lipinski definition) is 1. The Kier molecular flexibility index (Phi) is 6.80. The zero-order chi connectivity index (χ0) is 11.6. The SMILES string of the molecule is CCn1nccc1CNCCOCCOC. The Morgan fingerprint density at radius 3 is 3.00 bits per heavy atom. The third-order valence-electron chi connectivity index (χ3n) is 2.27. The van der Waals surface area contributed by atoms with Crippen molar-refractivity contribution in [3.8, 4) is 0 Å². The molecule has 5 heteroatoms. The second kappa shape index (κ2) is 8.27. The third-order valence-corrected chi connectivity index (χ3v) is 2.27. The fraction of sp³-hybridized carbons (Fsp3) is 0.727. The molecule has 1 N–H and O–H groups in total. The van der Waals surface area contributed by atoms with Gasteiger partial charge in [0.1, 0.15) is 0 Å². The number of hydrogen-bond acceptors (Lipinski definition) is 4. The van der Waals surface area contributed by atoms with Gasteiger partial charge in [-0.3, -0.25) is 4.68 Å². The Hall–Kier alpha value is -0.910. The molecule has 0 fully saturated rings. The highest BCUT2D eigenvalue weighted by molar-refractivity contribution is 4.99. The minimum Gasteiger partial charge on any atom is -0.382 e. The Balaban J connectivity index is 2.03. The van der Waals surface area contributed by atoms with Crippen molar-refractivity contribution in [1.29, 1.82) is 0 Å². The van der Waals surface area contributed by atoms with Gasteiger partial charge < -0.3 is 14.8 Å². The molecular weight excluding hydrogens is 206 g/mol. The first-order valence-corrected chi connectivity index (χ1v) is 5.66. The first-order chi connectivity index (χ1) is 7.88. The lowest BCUT2D eigenvalue weighted by molar-refractivity contribution is 0.0718. The Labute approximate surface area is 96.7 Å². The molecule has 16 heavy (non-hydrogen) atoms. The predicted molar refractivity (Wildman–Crippen MR) is 62.3 cm³/mol. The lowest BCUT2D eigenvalue weighted by Crippen LogP contribution is -2.21. The average molecular weight is 227 g/mol. The van der Waals surface area contributed by atoms with Gasteiger partial charge in [0, 0.05) is 32.9 Å². The molecular formula is C11H21N3O2. The van der Waals surface area contributed by atoms with Gasteiger partial charge in [0.25, 0.3) is 0 Å². The van der Waals surface area contributed by atoms with Crippen LogP contribution in [0.2, 0.25) is 0 Å². The molecule has 0 aromatic carbocycles. The van der Waals surface area contributed by atoms with Crippen molar-refractivity contribution in [3.63, 3.8) is 0 Å². The van der Waals surface area contributed by atoms with Crippen molar-refractivity contribution in [2.24, 2.45) is 0 Å². The second-order valence-corrected chi connectivity index (χ2v) is 3.42. The summed E-state index contributed by atoms with van der Waals surface area (Å²) in [4.78, 5) is 0. The Morgan fingerprint density at radius 1 is 1.38 bits per heavy atom. The van der Waals surface area contributed by atoms with E-state index in [1.165, 1.54) is 5.69 Å². The minimum absolute atomic E-state index is 0.655. The van der Waals surface area contributed by atoms with E-state index in [0.29, 0.717) is 19.8 Å². The normalized spacial score (nSPS) is 10.9. The maximum atomic E-state index is 5.34. The molecule has 0 amide bonds. The summed E-state index contributed by atoms with van der Waals surface area (Å²) in [5.74, 6) is 0. The van der Waals surface area contributed by atoms with Gasteiger partial charge in [0.15, 0.2) is 0 Å². The van der Waals surface area contributed by atoms with Crippen molar-refractivity contribution in [1.82, 2.24) is 15.1 Å². The molecule has 1 rings (SSSR count). The molecule has 0 saturated carbocycles. The molecule has 0 bridgehead atoms. The van der Waals surface area contributed by atoms with E-state index in [1.807, 2.05) is 16.9 Å². The van der Waals surface area contributed by atoms with E-state index in [2.05, 4.69) is 17.3 Å². The Morgan fingerprint density at radius 2 is 2.25 bits per heavy atom. The number of methoxy groups -OCH3 is 1. The zero-order valence-electron chi connectivity index (χ0n) is 10.1. The van der Waals surface area contributed by atoms with Crippen LogP contribution in [0.3, 0.4) is 0 Å². The summed E-state index contributed by atoms with van der Waals surface area (Å²) in [5, 5.41) is 7.52. The largest absolute Gasteiger partial charge is 0.382 e. The summed E-state index contributed by atoms with van der Waals surface area (Å²) in [6.07, 6.45) is 1.83. The molecule has 0 radical (unpaired) electrons. The number of aromatic nitrogens is 2. The van der Waals surface area contributed by atoms with Crippen LogP contribution in [0.25, 0.3) is 0 Å². The van der Waals surface area contributed by atoms with E-state index in [1.54, 1.807) is 7.11 Å². The van der Waals surface area contributed by atoms with Crippen LogP contribution in [0, 0.1) is 0 Å². The van der Waals surface area contributed by atoms with Gasteiger partial charge in [-0.2, -0.15) is 5.10 Å². The fourth-order valence-corrected chi connectivity index (χ4v) is 1.40. The van der Waals surface area contributed by atoms with Crippen LogP contribution in [-0.4, -0.2) is 43.3 Å². The summed E-state index contributed by atoms with van der Waals surface area (Å²) >= 11 is 0. The summed E-state index contributed by atoms with van der Waals surface area (Å²) in [6, 6.07) is 2.03. The van der Waals surface area contributed by atoms with Crippen LogP contribution in [0.15, 0.2) is 12.3 Å². The van der Waals surface area contributed by atoms with Crippen LogP contribution >= 0.6 is 0 Å². The molecule has 0 aliphatic rings. The molecule has 0 spiro atoms. The van der Waals surface area contributed by atoms with Crippen molar-refractivity contribution in [2.75, 3.05) is 33.5 Å². The standard InChI is InChI=1S/C11H21N3O2/c1-3-14-11(4-5-13-14)10-12-6-7-16-9-8-15-2/h4-5,12H,3,6-10H2,1-2H3. The number of aryl methyl sites for hydroxylation is 1. The van der Waals surface area contributed by atoms with Crippen molar-refractivity contribution < 1.29 is 9.47 Å². The van der Waals surface area contributed by atoms with Gasteiger partial charge in [-0.1, -0.05) is 0 Å². The van der Waals surface area contributed by atoms with Gasteiger partial charge in [-0.25, -0.2) is 0 Å². The molecule has 0 aliphatic heterocycles. The predicted octanol–water partition coefficient (Wildman–Crippen LogP) is 0.656. The van der Waals surface area contributed by atoms with Gasteiger partial charge in [-0.15, -0.1) is 0 Å². The van der Waals surface area contributed by atoms with E-state index >= 15 is 0 Å². The molecule has 1 aromatic rings. The highest BCUT2D eigenvalue weighted by Crippen LogP contribution is 1.97. The van der Waals surface area contributed by atoms with Gasteiger partial charge >= 0.3 is 0 Å². The molecule has 92 valence electrons. The molecule has 0 atom stereocenters. The van der Waals surface area contributed by atoms with E-state index in [9.17, 15) is 0 Å².